The average Bonchev–Trinajstić information content (AvgIpc) is 3.16. The van der Waals surface area contributed by atoms with Gasteiger partial charge in [0.2, 0.25) is 11.8 Å². The zero-order valence-corrected chi connectivity index (χ0v) is 16.0. The maximum atomic E-state index is 13.4. The fourth-order valence-electron chi connectivity index (χ4n) is 4.51. The standard InChI is InChI=1S/C19H17FN8O2/c1-26-8-22-18-16(26)19(29)28(9-23-18)7-14-24-17(25-30-14)15-11-5-27(6-12(11)15)10-2-3-21-13(20)4-10/h2-4,8-9,11-12,15H,5-7H2,1H3. The number of rotatable bonds is 4. The molecule has 0 radical (unpaired) electrons. The first-order chi connectivity index (χ1) is 14.6. The maximum Gasteiger partial charge on any atom is 0.280 e. The van der Waals surface area contributed by atoms with Gasteiger partial charge in [-0.05, 0) is 17.9 Å². The van der Waals surface area contributed by atoms with E-state index in [0.717, 1.165) is 18.8 Å². The second kappa shape index (κ2) is 6.18. The molecular formula is C19H17FN8O2. The lowest BCUT2D eigenvalue weighted by molar-refractivity contribution is 0.363. The van der Waals surface area contributed by atoms with Crippen molar-refractivity contribution in [1.29, 1.82) is 0 Å². The smallest absolute Gasteiger partial charge is 0.280 e. The predicted molar refractivity (Wildman–Crippen MR) is 102 cm³/mol. The van der Waals surface area contributed by atoms with E-state index in [1.54, 1.807) is 17.9 Å². The lowest BCUT2D eigenvalue weighted by Crippen LogP contribution is -2.24. The van der Waals surface area contributed by atoms with E-state index in [-0.39, 0.29) is 18.0 Å². The molecule has 4 aromatic rings. The SMILES string of the molecule is Cn1cnc2ncn(Cc3nc(C4C5CN(c6ccnc(F)c6)CC54)no3)c(=O)c21. The number of aromatic nitrogens is 7. The monoisotopic (exact) mass is 408 g/mol. The maximum absolute atomic E-state index is 13.4. The van der Waals surface area contributed by atoms with E-state index in [2.05, 4.69) is 30.0 Å². The molecule has 0 aromatic carbocycles. The molecule has 0 N–H and O–H groups in total. The first kappa shape index (κ1) is 17.2. The van der Waals surface area contributed by atoms with Crippen LogP contribution in [-0.4, -0.2) is 47.3 Å². The molecule has 0 spiro atoms. The van der Waals surface area contributed by atoms with E-state index < -0.39 is 5.95 Å². The van der Waals surface area contributed by atoms with Crippen LogP contribution in [0.4, 0.5) is 10.1 Å². The molecule has 1 aliphatic carbocycles. The number of nitrogens with zero attached hydrogens (tertiary/aromatic N) is 8. The van der Waals surface area contributed by atoms with E-state index in [4.69, 9.17) is 4.52 Å². The second-order valence-corrected chi connectivity index (χ2v) is 7.85. The Morgan fingerprint density at radius 2 is 2.00 bits per heavy atom. The van der Waals surface area contributed by atoms with E-state index in [1.807, 2.05) is 6.07 Å². The van der Waals surface area contributed by atoms with E-state index in [9.17, 15) is 9.18 Å². The average molecular weight is 408 g/mol. The fourth-order valence-corrected chi connectivity index (χ4v) is 4.51. The summed E-state index contributed by atoms with van der Waals surface area (Å²) in [6, 6.07) is 3.28. The first-order valence-corrected chi connectivity index (χ1v) is 9.64. The van der Waals surface area contributed by atoms with Gasteiger partial charge in [0.05, 0.1) is 6.33 Å². The minimum atomic E-state index is -0.471. The first-order valence-electron chi connectivity index (χ1n) is 9.64. The Morgan fingerprint density at radius 3 is 2.80 bits per heavy atom. The number of aryl methyl sites for hydroxylation is 1. The Balaban J connectivity index is 1.17. The third kappa shape index (κ3) is 2.61. The van der Waals surface area contributed by atoms with Crippen molar-refractivity contribution in [3.63, 3.8) is 0 Å². The highest BCUT2D eigenvalue weighted by Gasteiger charge is 2.58. The van der Waals surface area contributed by atoms with Gasteiger partial charge in [-0.15, -0.1) is 0 Å². The third-order valence-electron chi connectivity index (χ3n) is 6.06. The van der Waals surface area contributed by atoms with Crippen LogP contribution in [0, 0.1) is 17.8 Å². The number of fused-ring (bicyclic) bond motifs is 2. The van der Waals surface area contributed by atoms with Crippen molar-refractivity contribution in [2.75, 3.05) is 18.0 Å². The summed E-state index contributed by atoms with van der Waals surface area (Å²) in [6.45, 7) is 1.80. The van der Waals surface area contributed by atoms with Crippen LogP contribution in [0.25, 0.3) is 11.2 Å². The molecule has 4 aromatic heterocycles. The third-order valence-corrected chi connectivity index (χ3v) is 6.06. The molecular weight excluding hydrogens is 391 g/mol. The van der Waals surface area contributed by atoms with Crippen molar-refractivity contribution >= 4 is 16.9 Å². The summed E-state index contributed by atoms with van der Waals surface area (Å²) in [5.41, 5.74) is 1.49. The quantitative estimate of drug-likeness (QED) is 0.459. The van der Waals surface area contributed by atoms with Crippen LogP contribution < -0.4 is 10.5 Å². The Hall–Kier alpha value is -3.63. The normalized spacial score (nSPS) is 22.6. The summed E-state index contributed by atoms with van der Waals surface area (Å²) in [6.07, 6.45) is 4.49. The Bertz CT molecular complexity index is 1320. The molecule has 11 heteroatoms. The molecule has 2 atom stereocenters. The summed E-state index contributed by atoms with van der Waals surface area (Å²) in [5, 5.41) is 4.14. The van der Waals surface area contributed by atoms with Gasteiger partial charge in [-0.25, -0.2) is 15.0 Å². The number of imidazole rings is 1. The van der Waals surface area contributed by atoms with Gasteiger partial charge in [0.1, 0.15) is 12.9 Å². The highest BCUT2D eigenvalue weighted by atomic mass is 19.1. The molecule has 2 aliphatic rings. The van der Waals surface area contributed by atoms with E-state index in [0.29, 0.717) is 34.7 Å². The van der Waals surface area contributed by atoms with Crippen LogP contribution >= 0.6 is 0 Å². The Kier molecular flexibility index (Phi) is 3.55. The van der Waals surface area contributed by atoms with Crippen molar-refractivity contribution in [1.82, 2.24) is 34.2 Å². The lowest BCUT2D eigenvalue weighted by Gasteiger charge is -2.21. The van der Waals surface area contributed by atoms with Gasteiger partial charge in [0, 0.05) is 44.0 Å². The van der Waals surface area contributed by atoms with E-state index >= 15 is 0 Å². The number of hydrogen-bond acceptors (Lipinski definition) is 8. The highest BCUT2D eigenvalue weighted by Crippen LogP contribution is 2.57. The molecule has 1 saturated heterocycles. The fraction of sp³-hybridized carbons (Fsp3) is 0.368. The summed E-state index contributed by atoms with van der Waals surface area (Å²) < 4.78 is 21.8. The topological polar surface area (TPSA) is 108 Å². The van der Waals surface area contributed by atoms with Crippen LogP contribution in [-0.2, 0) is 13.6 Å². The molecule has 2 unspecified atom stereocenters. The lowest BCUT2D eigenvalue weighted by atomic mass is 10.2. The molecule has 152 valence electrons. The van der Waals surface area contributed by atoms with Crippen LogP contribution in [0.2, 0.25) is 0 Å². The van der Waals surface area contributed by atoms with Crippen LogP contribution in [0.5, 0.6) is 0 Å². The van der Waals surface area contributed by atoms with Gasteiger partial charge < -0.3 is 14.0 Å². The molecule has 10 nitrogen and oxygen atoms in total. The van der Waals surface area contributed by atoms with Crippen LogP contribution in [0.15, 0.2) is 40.3 Å². The summed E-state index contributed by atoms with van der Waals surface area (Å²) in [7, 11) is 1.75. The number of pyridine rings is 1. The number of piperidine rings is 1. The Labute approximate surface area is 169 Å². The predicted octanol–water partition coefficient (Wildman–Crippen LogP) is 0.945. The molecule has 30 heavy (non-hydrogen) atoms. The number of halogens is 1. The summed E-state index contributed by atoms with van der Waals surface area (Å²) in [4.78, 5) is 31.2. The summed E-state index contributed by atoms with van der Waals surface area (Å²) >= 11 is 0. The Morgan fingerprint density at radius 1 is 1.20 bits per heavy atom. The zero-order chi connectivity index (χ0) is 20.4. The van der Waals surface area contributed by atoms with Crippen molar-refractivity contribution < 1.29 is 8.91 Å². The van der Waals surface area contributed by atoms with Crippen molar-refractivity contribution in [3.8, 4) is 0 Å². The largest absolute Gasteiger partial charge is 0.371 e. The molecule has 5 heterocycles. The molecule has 0 bridgehead atoms. The van der Waals surface area contributed by atoms with Crippen LogP contribution in [0.1, 0.15) is 17.6 Å². The van der Waals surface area contributed by atoms with Crippen molar-refractivity contribution in [2.45, 2.75) is 12.5 Å². The highest BCUT2D eigenvalue weighted by molar-refractivity contribution is 5.68. The van der Waals surface area contributed by atoms with Crippen molar-refractivity contribution in [3.05, 3.63) is 59.0 Å². The molecule has 1 aliphatic heterocycles. The molecule has 6 rings (SSSR count). The van der Waals surface area contributed by atoms with Gasteiger partial charge in [0.15, 0.2) is 17.0 Å². The minimum absolute atomic E-state index is 0.157. The van der Waals surface area contributed by atoms with Crippen LogP contribution in [0.3, 0.4) is 0 Å². The minimum Gasteiger partial charge on any atom is -0.371 e. The van der Waals surface area contributed by atoms with Gasteiger partial charge in [-0.2, -0.15) is 9.37 Å². The zero-order valence-electron chi connectivity index (χ0n) is 16.0. The number of hydrogen-bond donors (Lipinski definition) is 0. The van der Waals surface area contributed by atoms with Gasteiger partial charge in [0.25, 0.3) is 5.56 Å². The molecule has 0 amide bonds. The second-order valence-electron chi connectivity index (χ2n) is 7.85. The van der Waals surface area contributed by atoms with Gasteiger partial charge in [-0.3, -0.25) is 9.36 Å². The van der Waals surface area contributed by atoms with Gasteiger partial charge >= 0.3 is 0 Å². The van der Waals surface area contributed by atoms with E-state index in [1.165, 1.54) is 23.2 Å². The van der Waals surface area contributed by atoms with Gasteiger partial charge in [-0.1, -0.05) is 5.16 Å². The molecule has 1 saturated carbocycles. The number of anilines is 1. The summed E-state index contributed by atoms with van der Waals surface area (Å²) in [5.74, 6) is 1.64. The molecule has 2 fully saturated rings. The van der Waals surface area contributed by atoms with Crippen molar-refractivity contribution in [2.24, 2.45) is 18.9 Å².